The number of nitrogens with zero attached hydrogens (tertiary/aromatic N) is 1. The number of nitrogens with two attached hydrogens (primary N) is 1. The molecule has 4 N–H and O–H groups in total. The molecule has 1 fully saturated rings. The van der Waals surface area contributed by atoms with Gasteiger partial charge in [-0.05, 0) is 6.92 Å². The number of nitrogens with one attached hydrogen (secondary N) is 1. The van der Waals surface area contributed by atoms with E-state index in [1.54, 1.807) is 6.92 Å². The molecule has 3 amide bonds. The molecule has 0 radical (unpaired) electrons. The highest BCUT2D eigenvalue weighted by Gasteiger charge is 2.44. The number of carboxylic acids is 1. The van der Waals surface area contributed by atoms with E-state index in [2.05, 4.69) is 5.32 Å². The fourth-order valence-corrected chi connectivity index (χ4v) is 1.68. The Balaban J connectivity index is 2.71. The molecule has 1 saturated heterocycles. The molecule has 1 aliphatic heterocycles. The van der Waals surface area contributed by atoms with Crippen LogP contribution in [0.25, 0.3) is 0 Å². The molecule has 0 spiro atoms. The largest absolute Gasteiger partial charge is 0.479 e. The smallest absolute Gasteiger partial charge is 0.332 e. The Morgan fingerprint density at radius 1 is 1.50 bits per heavy atom. The summed E-state index contributed by atoms with van der Waals surface area (Å²) in [7, 11) is 0. The van der Waals surface area contributed by atoms with Crippen molar-refractivity contribution in [1.29, 1.82) is 0 Å². The molecule has 8 nitrogen and oxygen atoms in total. The number of carbonyl (C=O) groups is 3. The van der Waals surface area contributed by atoms with Crippen LogP contribution >= 0.6 is 0 Å². The first-order chi connectivity index (χ1) is 8.41. The second-order valence-corrected chi connectivity index (χ2v) is 4.10. The molecule has 1 aliphatic rings. The molecule has 102 valence electrons. The molecule has 0 bridgehead atoms. The highest BCUT2D eigenvalue weighted by Crippen LogP contribution is 2.19. The number of urea groups is 1. The van der Waals surface area contributed by atoms with E-state index in [-0.39, 0.29) is 32.7 Å². The summed E-state index contributed by atoms with van der Waals surface area (Å²) in [4.78, 5) is 35.0. The fourth-order valence-electron chi connectivity index (χ4n) is 1.68. The average Bonchev–Trinajstić information content (AvgIpc) is 2.75. The van der Waals surface area contributed by atoms with Crippen molar-refractivity contribution in [2.45, 2.75) is 18.9 Å². The van der Waals surface area contributed by atoms with Crippen molar-refractivity contribution in [3.8, 4) is 0 Å². The van der Waals surface area contributed by atoms with Gasteiger partial charge in [0.2, 0.25) is 5.91 Å². The number of hydrogen-bond acceptors (Lipinski definition) is 4. The lowest BCUT2D eigenvalue weighted by atomic mass is 9.99. The van der Waals surface area contributed by atoms with Gasteiger partial charge in [0, 0.05) is 19.6 Å². The highest BCUT2D eigenvalue weighted by atomic mass is 16.5. The topological polar surface area (TPSA) is 122 Å². The molecule has 8 heteroatoms. The second kappa shape index (κ2) is 5.67. The molecule has 0 aromatic carbocycles. The maximum Gasteiger partial charge on any atom is 0.332 e. The van der Waals surface area contributed by atoms with E-state index in [0.717, 1.165) is 4.90 Å². The summed E-state index contributed by atoms with van der Waals surface area (Å²) in [6.45, 7) is 1.86. The molecule has 1 heterocycles. The summed E-state index contributed by atoms with van der Waals surface area (Å²) >= 11 is 0. The number of aliphatic carboxylic acids is 1. The third-order valence-corrected chi connectivity index (χ3v) is 2.79. The molecule has 0 aromatic heterocycles. The lowest BCUT2D eigenvalue weighted by Gasteiger charge is -2.28. The van der Waals surface area contributed by atoms with Crippen molar-refractivity contribution in [3.63, 3.8) is 0 Å². The Morgan fingerprint density at radius 2 is 2.17 bits per heavy atom. The van der Waals surface area contributed by atoms with E-state index >= 15 is 0 Å². The Kier molecular flexibility index (Phi) is 4.49. The Hall–Kier alpha value is -1.83. The van der Waals surface area contributed by atoms with E-state index in [0.29, 0.717) is 0 Å². The first kappa shape index (κ1) is 14.2. The third-order valence-electron chi connectivity index (χ3n) is 2.79. The minimum Gasteiger partial charge on any atom is -0.479 e. The zero-order valence-corrected chi connectivity index (χ0v) is 10.1. The Bertz CT molecular complexity index is 351. The minimum absolute atomic E-state index is 0.0812. The van der Waals surface area contributed by atoms with E-state index < -0.39 is 23.4 Å². The van der Waals surface area contributed by atoms with Crippen LogP contribution in [0.15, 0.2) is 0 Å². The van der Waals surface area contributed by atoms with Crippen LogP contribution in [0.2, 0.25) is 0 Å². The maximum absolute atomic E-state index is 11.9. The highest BCUT2D eigenvalue weighted by molar-refractivity contribution is 5.88. The summed E-state index contributed by atoms with van der Waals surface area (Å²) in [5.74, 6) is -1.80. The first-order valence-electron chi connectivity index (χ1n) is 5.58. The summed E-state index contributed by atoms with van der Waals surface area (Å²) in [5.41, 5.74) is 3.59. The number of rotatable bonds is 5. The molecule has 1 unspecified atom stereocenters. The molecular weight excluding hydrogens is 242 g/mol. The number of carboxylic acid groups (broad SMARTS) is 1. The van der Waals surface area contributed by atoms with Gasteiger partial charge in [-0.3, -0.25) is 4.79 Å². The van der Waals surface area contributed by atoms with Crippen LogP contribution in [0.4, 0.5) is 4.79 Å². The van der Waals surface area contributed by atoms with Gasteiger partial charge in [0.1, 0.15) is 6.54 Å². The standard InChI is InChI=1S/C10H17N3O5/c1-2-13(5-7(11)14)9(17)12-10(8(15)16)3-4-18-6-10/h2-6H2,1H3,(H2,11,14)(H,12,17)(H,15,16). The van der Waals surface area contributed by atoms with Crippen molar-refractivity contribution >= 4 is 17.9 Å². The van der Waals surface area contributed by atoms with Gasteiger partial charge in [-0.1, -0.05) is 0 Å². The van der Waals surface area contributed by atoms with Gasteiger partial charge >= 0.3 is 12.0 Å². The van der Waals surface area contributed by atoms with Gasteiger partial charge in [0.25, 0.3) is 0 Å². The van der Waals surface area contributed by atoms with E-state index in [1.165, 1.54) is 0 Å². The van der Waals surface area contributed by atoms with Crippen molar-refractivity contribution in [2.75, 3.05) is 26.3 Å². The number of likely N-dealkylation sites (N-methyl/N-ethyl adjacent to an activating group) is 1. The predicted octanol–water partition coefficient (Wildman–Crippen LogP) is -1.25. The molecule has 0 aromatic rings. The van der Waals surface area contributed by atoms with Gasteiger partial charge in [-0.15, -0.1) is 0 Å². The lowest BCUT2D eigenvalue weighted by Crippen LogP contribution is -2.59. The monoisotopic (exact) mass is 259 g/mol. The van der Waals surface area contributed by atoms with Gasteiger partial charge in [-0.2, -0.15) is 0 Å². The number of primary amides is 1. The Morgan fingerprint density at radius 3 is 2.56 bits per heavy atom. The van der Waals surface area contributed by atoms with Crippen LogP contribution in [0, 0.1) is 0 Å². The zero-order valence-electron chi connectivity index (χ0n) is 10.1. The van der Waals surface area contributed by atoms with Crippen LogP contribution in [-0.4, -0.2) is 59.8 Å². The van der Waals surface area contributed by atoms with Crippen molar-refractivity contribution in [3.05, 3.63) is 0 Å². The van der Waals surface area contributed by atoms with Crippen molar-refractivity contribution in [2.24, 2.45) is 5.73 Å². The quantitative estimate of drug-likeness (QED) is 0.569. The van der Waals surface area contributed by atoms with Crippen LogP contribution in [0.3, 0.4) is 0 Å². The summed E-state index contributed by atoms with van der Waals surface area (Å²) in [5, 5.41) is 11.5. The number of amides is 3. The van der Waals surface area contributed by atoms with Crippen LogP contribution in [0.5, 0.6) is 0 Å². The molecule has 1 rings (SSSR count). The molecule has 0 aliphatic carbocycles. The maximum atomic E-state index is 11.9. The molecule has 0 saturated carbocycles. The fraction of sp³-hybridized carbons (Fsp3) is 0.700. The first-order valence-corrected chi connectivity index (χ1v) is 5.58. The number of hydrogen-bond donors (Lipinski definition) is 3. The van der Waals surface area contributed by atoms with Crippen LogP contribution in [0.1, 0.15) is 13.3 Å². The minimum atomic E-state index is -1.41. The average molecular weight is 259 g/mol. The SMILES string of the molecule is CCN(CC(N)=O)C(=O)NC1(C(=O)O)CCOC1. The molecular formula is C10H17N3O5. The van der Waals surface area contributed by atoms with Gasteiger partial charge in [-0.25, -0.2) is 9.59 Å². The number of ether oxygens (including phenoxy) is 1. The van der Waals surface area contributed by atoms with Gasteiger partial charge < -0.3 is 25.8 Å². The predicted molar refractivity (Wildman–Crippen MR) is 60.8 cm³/mol. The summed E-state index contributed by atoms with van der Waals surface area (Å²) in [6, 6.07) is -0.635. The van der Waals surface area contributed by atoms with Crippen LogP contribution < -0.4 is 11.1 Å². The Labute approximate surface area is 104 Å². The molecule has 18 heavy (non-hydrogen) atoms. The van der Waals surface area contributed by atoms with E-state index in [1.807, 2.05) is 0 Å². The van der Waals surface area contributed by atoms with Crippen molar-refractivity contribution < 1.29 is 24.2 Å². The second-order valence-electron chi connectivity index (χ2n) is 4.10. The van der Waals surface area contributed by atoms with Crippen molar-refractivity contribution in [1.82, 2.24) is 10.2 Å². The van der Waals surface area contributed by atoms with E-state index in [4.69, 9.17) is 15.6 Å². The number of carbonyl (C=O) groups excluding carboxylic acids is 2. The summed E-state index contributed by atoms with van der Waals surface area (Å²) in [6.07, 6.45) is 0.197. The lowest BCUT2D eigenvalue weighted by molar-refractivity contribution is -0.144. The third kappa shape index (κ3) is 3.10. The van der Waals surface area contributed by atoms with Crippen LogP contribution in [-0.2, 0) is 14.3 Å². The normalized spacial score (nSPS) is 22.5. The van der Waals surface area contributed by atoms with Gasteiger partial charge in [0.15, 0.2) is 5.54 Å². The van der Waals surface area contributed by atoms with E-state index in [9.17, 15) is 14.4 Å². The zero-order chi connectivity index (χ0) is 13.8. The summed E-state index contributed by atoms with van der Waals surface area (Å²) < 4.78 is 5.01. The van der Waals surface area contributed by atoms with Gasteiger partial charge in [0.05, 0.1) is 6.61 Å². The molecule has 1 atom stereocenters.